The molecule has 2 aromatic rings. The van der Waals surface area contributed by atoms with Crippen molar-refractivity contribution >= 4 is 41.3 Å². The summed E-state index contributed by atoms with van der Waals surface area (Å²) in [4.78, 5) is 5.60. The SMILES string of the molecule is CN=C(NCc1cccc(C#N)c1)NCC(C)c1cccs1.I. The summed E-state index contributed by atoms with van der Waals surface area (Å²) in [5.74, 6) is 1.21. The Hall–Kier alpha value is -1.59. The zero-order chi connectivity index (χ0) is 15.8. The van der Waals surface area contributed by atoms with Gasteiger partial charge in [-0.2, -0.15) is 5.26 Å². The van der Waals surface area contributed by atoms with E-state index in [1.54, 1.807) is 24.5 Å². The van der Waals surface area contributed by atoms with Crippen LogP contribution in [0.4, 0.5) is 0 Å². The van der Waals surface area contributed by atoms with E-state index in [4.69, 9.17) is 5.26 Å². The average Bonchev–Trinajstić information content (AvgIpc) is 3.09. The van der Waals surface area contributed by atoms with Crippen molar-refractivity contribution in [3.05, 3.63) is 57.8 Å². The van der Waals surface area contributed by atoms with Crippen LogP contribution in [0.25, 0.3) is 0 Å². The van der Waals surface area contributed by atoms with E-state index in [-0.39, 0.29) is 24.0 Å². The number of guanidine groups is 1. The second kappa shape index (κ2) is 10.2. The third kappa shape index (κ3) is 6.20. The molecule has 6 heteroatoms. The van der Waals surface area contributed by atoms with E-state index in [1.165, 1.54) is 4.88 Å². The number of nitrogens with one attached hydrogen (secondary N) is 2. The Morgan fingerprint density at radius 2 is 2.13 bits per heavy atom. The number of rotatable bonds is 5. The van der Waals surface area contributed by atoms with Crippen LogP contribution in [0.15, 0.2) is 46.8 Å². The van der Waals surface area contributed by atoms with Crippen molar-refractivity contribution in [1.29, 1.82) is 5.26 Å². The monoisotopic (exact) mass is 440 g/mol. The van der Waals surface area contributed by atoms with Gasteiger partial charge in [-0.25, -0.2) is 0 Å². The summed E-state index contributed by atoms with van der Waals surface area (Å²) in [7, 11) is 1.76. The van der Waals surface area contributed by atoms with Crippen molar-refractivity contribution < 1.29 is 0 Å². The van der Waals surface area contributed by atoms with Gasteiger partial charge in [-0.05, 0) is 29.1 Å². The largest absolute Gasteiger partial charge is 0.356 e. The molecule has 1 unspecified atom stereocenters. The highest BCUT2D eigenvalue weighted by Gasteiger charge is 2.07. The maximum atomic E-state index is 8.92. The molecule has 0 radical (unpaired) electrons. The molecule has 0 saturated carbocycles. The number of nitrogens with zero attached hydrogens (tertiary/aromatic N) is 2. The zero-order valence-corrected chi connectivity index (χ0v) is 16.4. The molecule has 2 rings (SSSR count). The first-order valence-electron chi connectivity index (χ1n) is 7.20. The van der Waals surface area contributed by atoms with Crippen molar-refractivity contribution in [2.24, 2.45) is 4.99 Å². The van der Waals surface area contributed by atoms with Crippen molar-refractivity contribution in [3.63, 3.8) is 0 Å². The lowest BCUT2D eigenvalue weighted by molar-refractivity contribution is 0.708. The molecule has 23 heavy (non-hydrogen) atoms. The lowest BCUT2D eigenvalue weighted by Crippen LogP contribution is -2.38. The normalized spacial score (nSPS) is 12.0. The van der Waals surface area contributed by atoms with Crippen molar-refractivity contribution in [2.45, 2.75) is 19.4 Å². The molecular weight excluding hydrogens is 419 g/mol. The number of thiophene rings is 1. The van der Waals surface area contributed by atoms with Gasteiger partial charge in [0.1, 0.15) is 0 Å². The number of halogens is 1. The molecule has 0 aliphatic heterocycles. The highest BCUT2D eigenvalue weighted by molar-refractivity contribution is 14.0. The Balaban J connectivity index is 0.00000264. The fraction of sp³-hybridized carbons (Fsp3) is 0.294. The van der Waals surface area contributed by atoms with Gasteiger partial charge in [0.15, 0.2) is 5.96 Å². The molecule has 0 aliphatic rings. The molecule has 1 aromatic heterocycles. The summed E-state index contributed by atoms with van der Waals surface area (Å²) in [5, 5.41) is 17.6. The van der Waals surface area contributed by atoms with Gasteiger partial charge in [-0.3, -0.25) is 4.99 Å². The Bertz CT molecular complexity index is 661. The molecule has 4 nitrogen and oxygen atoms in total. The summed E-state index contributed by atoms with van der Waals surface area (Å²) >= 11 is 1.77. The standard InChI is InChI=1S/C17H20N4S.HI/c1-13(16-7-4-8-22-16)11-20-17(19-2)21-12-15-6-3-5-14(9-15)10-18;/h3-9,13H,11-12H2,1-2H3,(H2,19,20,21);1H. The van der Waals surface area contributed by atoms with Gasteiger partial charge >= 0.3 is 0 Å². The number of nitriles is 1. The Morgan fingerprint density at radius 3 is 2.78 bits per heavy atom. The molecule has 1 aromatic carbocycles. The van der Waals surface area contributed by atoms with Crippen LogP contribution in [-0.4, -0.2) is 19.6 Å². The minimum Gasteiger partial charge on any atom is -0.356 e. The number of hydrogen-bond donors (Lipinski definition) is 2. The molecule has 0 spiro atoms. The lowest BCUT2D eigenvalue weighted by atomic mass is 10.1. The van der Waals surface area contributed by atoms with Gasteiger partial charge in [-0.1, -0.05) is 25.1 Å². The smallest absolute Gasteiger partial charge is 0.191 e. The second-order valence-corrected chi connectivity index (χ2v) is 6.01. The Morgan fingerprint density at radius 1 is 1.30 bits per heavy atom. The van der Waals surface area contributed by atoms with Gasteiger partial charge in [0.2, 0.25) is 0 Å². The van der Waals surface area contributed by atoms with Crippen molar-refractivity contribution in [1.82, 2.24) is 10.6 Å². The van der Waals surface area contributed by atoms with E-state index in [0.29, 0.717) is 18.0 Å². The summed E-state index contributed by atoms with van der Waals surface area (Å²) < 4.78 is 0. The molecule has 122 valence electrons. The third-order valence-electron chi connectivity index (χ3n) is 3.34. The van der Waals surface area contributed by atoms with Crippen LogP contribution in [0.2, 0.25) is 0 Å². The van der Waals surface area contributed by atoms with Crippen LogP contribution in [0.1, 0.15) is 28.8 Å². The third-order valence-corrected chi connectivity index (χ3v) is 4.45. The molecule has 1 heterocycles. The van der Waals surface area contributed by atoms with E-state index >= 15 is 0 Å². The summed E-state index contributed by atoms with van der Waals surface area (Å²) in [6.45, 7) is 3.67. The number of hydrogen-bond acceptors (Lipinski definition) is 3. The minimum absolute atomic E-state index is 0. The molecular formula is C17H21IN4S. The van der Waals surface area contributed by atoms with E-state index in [9.17, 15) is 0 Å². The van der Waals surface area contributed by atoms with Gasteiger partial charge in [0.05, 0.1) is 11.6 Å². The lowest BCUT2D eigenvalue weighted by Gasteiger charge is -2.15. The topological polar surface area (TPSA) is 60.2 Å². The Kier molecular flexibility index (Phi) is 8.66. The van der Waals surface area contributed by atoms with Crippen molar-refractivity contribution in [3.8, 4) is 6.07 Å². The first-order chi connectivity index (χ1) is 10.7. The van der Waals surface area contributed by atoms with E-state index < -0.39 is 0 Å². The van der Waals surface area contributed by atoms with Crippen LogP contribution in [0, 0.1) is 11.3 Å². The van der Waals surface area contributed by atoms with Gasteiger partial charge in [-0.15, -0.1) is 35.3 Å². The van der Waals surface area contributed by atoms with Crippen LogP contribution in [0.5, 0.6) is 0 Å². The van der Waals surface area contributed by atoms with Crippen LogP contribution < -0.4 is 10.6 Å². The van der Waals surface area contributed by atoms with E-state index in [2.05, 4.69) is 46.1 Å². The first kappa shape index (κ1) is 19.5. The maximum Gasteiger partial charge on any atom is 0.191 e. The summed E-state index contributed by atoms with van der Waals surface area (Å²) in [6.07, 6.45) is 0. The molecule has 0 amide bonds. The quantitative estimate of drug-likeness (QED) is 0.424. The number of benzene rings is 1. The fourth-order valence-corrected chi connectivity index (χ4v) is 2.87. The van der Waals surface area contributed by atoms with Crippen LogP contribution in [0.3, 0.4) is 0 Å². The van der Waals surface area contributed by atoms with Crippen molar-refractivity contribution in [2.75, 3.05) is 13.6 Å². The highest BCUT2D eigenvalue weighted by Crippen LogP contribution is 2.19. The average molecular weight is 440 g/mol. The highest BCUT2D eigenvalue weighted by atomic mass is 127. The van der Waals surface area contributed by atoms with Gasteiger partial charge < -0.3 is 10.6 Å². The zero-order valence-electron chi connectivity index (χ0n) is 13.2. The second-order valence-electron chi connectivity index (χ2n) is 5.04. The fourth-order valence-electron chi connectivity index (χ4n) is 2.08. The molecule has 0 saturated heterocycles. The summed E-state index contributed by atoms with van der Waals surface area (Å²) in [6, 6.07) is 14.0. The Labute approximate surface area is 158 Å². The van der Waals surface area contributed by atoms with E-state index in [1.807, 2.05) is 18.2 Å². The van der Waals surface area contributed by atoms with Gasteiger partial charge in [0.25, 0.3) is 0 Å². The molecule has 0 aliphatic carbocycles. The van der Waals surface area contributed by atoms with Crippen LogP contribution >= 0.6 is 35.3 Å². The number of aliphatic imine (C=N–C) groups is 1. The summed E-state index contributed by atoms with van der Waals surface area (Å²) in [5.41, 5.74) is 1.74. The first-order valence-corrected chi connectivity index (χ1v) is 8.08. The maximum absolute atomic E-state index is 8.92. The molecule has 1 atom stereocenters. The van der Waals surface area contributed by atoms with Gasteiger partial charge in [0, 0.05) is 30.9 Å². The molecule has 2 N–H and O–H groups in total. The predicted octanol–water partition coefficient (Wildman–Crippen LogP) is 3.71. The van der Waals surface area contributed by atoms with E-state index in [0.717, 1.165) is 18.1 Å². The minimum atomic E-state index is 0. The van der Waals surface area contributed by atoms with Crippen LogP contribution in [-0.2, 0) is 6.54 Å². The predicted molar refractivity (Wildman–Crippen MR) is 108 cm³/mol. The molecule has 0 fully saturated rings. The molecule has 0 bridgehead atoms.